The third-order valence-electron chi connectivity index (χ3n) is 3.88. The monoisotopic (exact) mass is 316 g/mol. The van der Waals surface area contributed by atoms with E-state index in [2.05, 4.69) is 15.6 Å². The van der Waals surface area contributed by atoms with Crippen LogP contribution in [0.3, 0.4) is 0 Å². The van der Waals surface area contributed by atoms with Gasteiger partial charge in [-0.25, -0.2) is 0 Å². The molecule has 3 rings (SSSR count). The van der Waals surface area contributed by atoms with Crippen LogP contribution < -0.4 is 14.8 Å². The fourth-order valence-electron chi connectivity index (χ4n) is 2.67. The number of benzene rings is 1. The van der Waals surface area contributed by atoms with Gasteiger partial charge in [0.2, 0.25) is 5.91 Å². The van der Waals surface area contributed by atoms with E-state index in [4.69, 9.17) is 9.47 Å². The topological polar surface area (TPSA) is 78.3 Å². The summed E-state index contributed by atoms with van der Waals surface area (Å²) in [6.45, 7) is 1.73. The first kappa shape index (κ1) is 15.3. The average molecular weight is 316 g/mol. The smallest absolute Gasteiger partial charge is 0.226 e. The lowest BCUT2D eigenvalue weighted by Crippen LogP contribution is -2.38. The second-order valence-electron chi connectivity index (χ2n) is 5.47. The van der Waals surface area contributed by atoms with Crippen molar-refractivity contribution in [2.75, 3.05) is 20.3 Å². The van der Waals surface area contributed by atoms with Crippen LogP contribution in [0.5, 0.6) is 11.5 Å². The molecular formula is C16H20N4O3. The summed E-state index contributed by atoms with van der Waals surface area (Å²) in [5, 5.41) is 10.6. The summed E-state index contributed by atoms with van der Waals surface area (Å²) in [5.74, 6) is 1.33. The van der Waals surface area contributed by atoms with Crippen molar-refractivity contribution in [2.45, 2.75) is 19.4 Å². The van der Waals surface area contributed by atoms with Gasteiger partial charge in [0.15, 0.2) is 11.5 Å². The van der Waals surface area contributed by atoms with E-state index >= 15 is 0 Å². The summed E-state index contributed by atoms with van der Waals surface area (Å²) in [5.41, 5.74) is 1.01. The van der Waals surface area contributed by atoms with Crippen LogP contribution in [0, 0.1) is 5.92 Å². The molecule has 1 aromatic carbocycles. The molecule has 0 spiro atoms. The average Bonchev–Trinajstić information content (AvgIpc) is 3.10. The zero-order chi connectivity index (χ0) is 16.1. The van der Waals surface area contributed by atoms with Crippen molar-refractivity contribution in [1.82, 2.24) is 20.3 Å². The summed E-state index contributed by atoms with van der Waals surface area (Å²) in [6.07, 6.45) is 4.93. The van der Waals surface area contributed by atoms with E-state index in [1.54, 1.807) is 24.2 Å². The largest absolute Gasteiger partial charge is 0.493 e. The van der Waals surface area contributed by atoms with Gasteiger partial charge < -0.3 is 14.8 Å². The standard InChI is InChI=1S/C16H20N4O3/c1-22-14-5-2-4-12-10-13(11-23-15(12)14)16(21)17-6-3-8-20-9-7-18-19-20/h2,4-5,7,9,13H,3,6,8,10-11H2,1H3,(H,17,21). The van der Waals surface area contributed by atoms with Crippen molar-refractivity contribution in [3.05, 3.63) is 36.2 Å². The van der Waals surface area contributed by atoms with Crippen LogP contribution >= 0.6 is 0 Å². The van der Waals surface area contributed by atoms with Crippen molar-refractivity contribution in [1.29, 1.82) is 0 Å². The third-order valence-corrected chi connectivity index (χ3v) is 3.88. The highest BCUT2D eigenvalue weighted by atomic mass is 16.5. The highest BCUT2D eigenvalue weighted by Gasteiger charge is 2.27. The minimum absolute atomic E-state index is 0.0251. The van der Waals surface area contributed by atoms with Gasteiger partial charge in [0.25, 0.3) is 0 Å². The highest BCUT2D eigenvalue weighted by molar-refractivity contribution is 5.79. The van der Waals surface area contributed by atoms with Gasteiger partial charge in [-0.15, -0.1) is 5.10 Å². The van der Waals surface area contributed by atoms with Crippen LogP contribution in [0.25, 0.3) is 0 Å². The molecule has 1 unspecified atom stereocenters. The predicted molar refractivity (Wildman–Crippen MR) is 83.3 cm³/mol. The summed E-state index contributed by atoms with van der Waals surface area (Å²) in [6, 6.07) is 5.75. The Morgan fingerprint density at radius 3 is 3.22 bits per heavy atom. The summed E-state index contributed by atoms with van der Waals surface area (Å²) in [7, 11) is 1.62. The number of aryl methyl sites for hydroxylation is 1. The molecule has 2 aromatic rings. The minimum Gasteiger partial charge on any atom is -0.493 e. The molecule has 1 aliphatic rings. The van der Waals surface area contributed by atoms with Crippen molar-refractivity contribution in [3.63, 3.8) is 0 Å². The number of fused-ring (bicyclic) bond motifs is 1. The number of rotatable bonds is 6. The lowest BCUT2D eigenvalue weighted by atomic mass is 9.95. The number of aromatic nitrogens is 3. The molecule has 0 aliphatic carbocycles. The number of amides is 1. The van der Waals surface area contributed by atoms with Crippen molar-refractivity contribution in [2.24, 2.45) is 5.92 Å². The predicted octanol–water partition coefficient (Wildman–Crippen LogP) is 1.04. The Bertz CT molecular complexity index is 657. The number of nitrogens with zero attached hydrogens (tertiary/aromatic N) is 3. The van der Waals surface area contributed by atoms with E-state index in [9.17, 15) is 4.79 Å². The van der Waals surface area contributed by atoms with Gasteiger partial charge in [0.05, 0.1) is 19.2 Å². The van der Waals surface area contributed by atoms with E-state index in [0.717, 1.165) is 24.3 Å². The second-order valence-corrected chi connectivity index (χ2v) is 5.47. The molecule has 0 radical (unpaired) electrons. The van der Waals surface area contributed by atoms with Crippen molar-refractivity contribution < 1.29 is 14.3 Å². The quantitative estimate of drug-likeness (QED) is 0.806. The molecule has 0 saturated carbocycles. The number of carbonyl (C=O) groups excluding carboxylic acids is 1. The molecule has 1 amide bonds. The molecular weight excluding hydrogens is 296 g/mol. The Morgan fingerprint density at radius 1 is 1.52 bits per heavy atom. The van der Waals surface area contributed by atoms with Gasteiger partial charge in [-0.1, -0.05) is 17.3 Å². The third kappa shape index (κ3) is 3.61. The van der Waals surface area contributed by atoms with E-state index in [-0.39, 0.29) is 11.8 Å². The molecule has 0 fully saturated rings. The number of hydrogen-bond acceptors (Lipinski definition) is 5. The van der Waals surface area contributed by atoms with Crippen molar-refractivity contribution in [3.8, 4) is 11.5 Å². The second kappa shape index (κ2) is 7.13. The lowest BCUT2D eigenvalue weighted by molar-refractivity contribution is -0.126. The number of ether oxygens (including phenoxy) is 2. The number of nitrogens with one attached hydrogen (secondary N) is 1. The Labute approximate surface area is 134 Å². The normalized spacial score (nSPS) is 16.3. The van der Waals surface area contributed by atoms with Gasteiger partial charge >= 0.3 is 0 Å². The maximum atomic E-state index is 12.3. The first-order chi connectivity index (χ1) is 11.3. The number of carbonyl (C=O) groups is 1. The summed E-state index contributed by atoms with van der Waals surface area (Å²) >= 11 is 0. The van der Waals surface area contributed by atoms with Gasteiger partial charge in [-0.2, -0.15) is 0 Å². The van der Waals surface area contributed by atoms with Crippen LogP contribution in [0.2, 0.25) is 0 Å². The van der Waals surface area contributed by atoms with Crippen LogP contribution in [0.15, 0.2) is 30.6 Å². The molecule has 0 saturated heterocycles. The number of methoxy groups -OCH3 is 1. The Morgan fingerprint density at radius 2 is 2.43 bits per heavy atom. The van der Waals surface area contributed by atoms with E-state index < -0.39 is 0 Å². The molecule has 1 atom stereocenters. The molecule has 2 heterocycles. The highest BCUT2D eigenvalue weighted by Crippen LogP contribution is 2.35. The van der Waals surface area contributed by atoms with Gasteiger partial charge in [0, 0.05) is 19.3 Å². The number of hydrogen-bond donors (Lipinski definition) is 1. The van der Waals surface area contributed by atoms with Crippen LogP contribution in [-0.2, 0) is 17.8 Å². The summed E-state index contributed by atoms with van der Waals surface area (Å²) in [4.78, 5) is 12.3. The first-order valence-electron chi connectivity index (χ1n) is 7.68. The zero-order valence-electron chi connectivity index (χ0n) is 13.1. The summed E-state index contributed by atoms with van der Waals surface area (Å²) < 4.78 is 12.8. The maximum absolute atomic E-state index is 12.3. The molecule has 7 heteroatoms. The fraction of sp³-hybridized carbons (Fsp3) is 0.438. The first-order valence-corrected chi connectivity index (χ1v) is 7.68. The molecule has 0 bridgehead atoms. The molecule has 7 nitrogen and oxygen atoms in total. The van der Waals surface area contributed by atoms with Crippen LogP contribution in [0.1, 0.15) is 12.0 Å². The Kier molecular flexibility index (Phi) is 4.75. The molecule has 122 valence electrons. The van der Waals surface area contributed by atoms with Crippen LogP contribution in [0.4, 0.5) is 0 Å². The van der Waals surface area contributed by atoms with Crippen LogP contribution in [-0.4, -0.2) is 41.2 Å². The molecule has 1 N–H and O–H groups in total. The number of para-hydroxylation sites is 1. The fourth-order valence-corrected chi connectivity index (χ4v) is 2.67. The lowest BCUT2D eigenvalue weighted by Gasteiger charge is -2.25. The van der Waals surface area contributed by atoms with Crippen molar-refractivity contribution >= 4 is 5.91 Å². The Balaban J connectivity index is 1.49. The van der Waals surface area contributed by atoms with E-state index in [1.807, 2.05) is 18.2 Å². The van der Waals surface area contributed by atoms with Gasteiger partial charge in [-0.05, 0) is 24.5 Å². The maximum Gasteiger partial charge on any atom is 0.226 e. The Hall–Kier alpha value is -2.57. The minimum atomic E-state index is -0.166. The van der Waals surface area contributed by atoms with E-state index in [1.165, 1.54) is 0 Å². The SMILES string of the molecule is COc1cccc2c1OCC(C(=O)NCCCn1ccnn1)C2. The molecule has 23 heavy (non-hydrogen) atoms. The molecule has 1 aliphatic heterocycles. The van der Waals surface area contributed by atoms with Gasteiger partial charge in [-0.3, -0.25) is 9.48 Å². The molecule has 1 aromatic heterocycles. The van der Waals surface area contributed by atoms with E-state index in [0.29, 0.717) is 25.3 Å². The van der Waals surface area contributed by atoms with Gasteiger partial charge in [0.1, 0.15) is 6.61 Å². The zero-order valence-corrected chi connectivity index (χ0v) is 13.1.